The number of aliphatic hydroxyl groups excluding tert-OH is 3. The lowest BCUT2D eigenvalue weighted by Gasteiger charge is -2.07. The number of thiazole rings is 3. The van der Waals surface area contributed by atoms with Crippen LogP contribution >= 0.6 is 85.2 Å². The molecule has 100 heavy (non-hydrogen) atoms. The molecule has 0 radical (unpaired) electrons. The molecule has 0 bridgehead atoms. The summed E-state index contributed by atoms with van der Waals surface area (Å²) in [5, 5.41) is 90.6. The maximum absolute atomic E-state index is 11.1. The summed E-state index contributed by atoms with van der Waals surface area (Å²) in [5.41, 5.74) is 12.8. The van der Waals surface area contributed by atoms with Crippen molar-refractivity contribution in [2.75, 3.05) is 25.6 Å². The molecule has 1 amide bonds. The molecule has 0 saturated carbocycles. The molecule has 0 fully saturated rings. The number of halogens is 1. The van der Waals surface area contributed by atoms with Crippen LogP contribution in [-0.4, -0.2) is 136 Å². The van der Waals surface area contributed by atoms with Crippen LogP contribution in [0.3, 0.4) is 0 Å². The van der Waals surface area contributed by atoms with E-state index in [1.165, 1.54) is 27.6 Å². The highest BCUT2D eigenvalue weighted by molar-refractivity contribution is 9.10. The van der Waals surface area contributed by atoms with E-state index < -0.39 is 5.91 Å². The number of carbonyl (C=O) groups is 1. The Hall–Kier alpha value is -7.92. The van der Waals surface area contributed by atoms with Crippen LogP contribution in [-0.2, 0) is 18.0 Å². The molecule has 530 valence electrons. The van der Waals surface area contributed by atoms with E-state index in [2.05, 4.69) is 45.9 Å². The van der Waals surface area contributed by atoms with Crippen molar-refractivity contribution in [1.82, 2.24) is 15.0 Å². The van der Waals surface area contributed by atoms with Crippen molar-refractivity contribution >= 4 is 106 Å². The Morgan fingerprint density at radius 1 is 0.490 bits per heavy atom. The first-order valence-corrected chi connectivity index (χ1v) is 36.4. The quantitative estimate of drug-likeness (QED) is 0.0484. The molecule has 0 aliphatic carbocycles. The Morgan fingerprint density at radius 3 is 1.21 bits per heavy atom. The van der Waals surface area contributed by atoms with Gasteiger partial charge in [0.25, 0.3) is 5.91 Å². The molecule has 5 atom stereocenters. The number of nitrogens with two attached hydrogens (primary N) is 1. The largest absolute Gasteiger partial charge is 0.507 e. The number of aliphatic imine (C=N–C) groups is 3. The Labute approximate surface area is 618 Å². The second kappa shape index (κ2) is 40.5. The summed E-state index contributed by atoms with van der Waals surface area (Å²) in [5.74, 6) is 1.78. The lowest BCUT2D eigenvalue weighted by atomic mass is 10.2. The van der Waals surface area contributed by atoms with E-state index >= 15 is 0 Å². The van der Waals surface area contributed by atoms with E-state index in [9.17, 15) is 35.4 Å². The smallest absolute Gasteiger partial charge is 0.268 e. The molecule has 6 heterocycles. The van der Waals surface area contributed by atoms with Crippen LogP contribution < -0.4 is 5.73 Å². The number of ether oxygens (including phenoxy) is 1. The summed E-state index contributed by atoms with van der Waals surface area (Å²) in [7, 11) is 0. The number of phenols is 6. The van der Waals surface area contributed by atoms with Crippen LogP contribution in [0.25, 0.3) is 31.7 Å². The average Bonchev–Trinajstić information content (AvgIpc) is 1.69. The number of para-hydroxylation sites is 6. The predicted molar refractivity (Wildman–Crippen MR) is 421 cm³/mol. The molecule has 3 aliphatic rings. The number of carbonyl (C=O) groups excluding carboxylic acids is 1. The molecule has 0 saturated heterocycles. The monoisotopic (exact) mass is 1530 g/mol. The number of amides is 1. The third kappa shape index (κ3) is 22.8. The molecule has 3 aliphatic heterocycles. The van der Waals surface area contributed by atoms with Crippen LogP contribution in [0.5, 0.6) is 34.5 Å². The Balaban J connectivity index is 0.000000217. The number of aromatic nitrogens is 3. The lowest BCUT2D eigenvalue weighted by Crippen LogP contribution is -2.17. The van der Waals surface area contributed by atoms with Gasteiger partial charge in [-0.05, 0) is 118 Å². The first-order valence-electron chi connectivity index (χ1n) is 30.4. The number of nitrogens with zero attached hydrogens (tertiary/aromatic N) is 6. The number of aromatic hydroxyl groups is 6. The molecule has 13 rings (SSSR count). The number of hydrogen-bond donors (Lipinski definition) is 10. The number of phenolic OH excluding ortho intramolecular Hbond substituents is 6. The van der Waals surface area contributed by atoms with Gasteiger partial charge >= 0.3 is 0 Å². The predicted octanol–water partition coefficient (Wildman–Crippen LogP) is 16.8. The van der Waals surface area contributed by atoms with Gasteiger partial charge in [0, 0.05) is 52.0 Å². The first kappa shape index (κ1) is 82.7. The van der Waals surface area contributed by atoms with E-state index in [4.69, 9.17) is 25.8 Å². The highest BCUT2D eigenvalue weighted by Crippen LogP contribution is 2.38. The number of benzene rings is 7. The van der Waals surface area contributed by atoms with Gasteiger partial charge in [0.15, 0.2) is 0 Å². The molecule has 18 nitrogen and oxygen atoms in total. The molecule has 25 heteroatoms. The summed E-state index contributed by atoms with van der Waals surface area (Å²) < 4.78 is 6.83. The van der Waals surface area contributed by atoms with Gasteiger partial charge in [-0.25, -0.2) is 15.0 Å². The van der Waals surface area contributed by atoms with E-state index in [-0.39, 0.29) is 105 Å². The van der Waals surface area contributed by atoms with Crippen molar-refractivity contribution in [2.45, 2.75) is 106 Å². The summed E-state index contributed by atoms with van der Waals surface area (Å²) in [4.78, 5) is 40.2. The number of aliphatic hydroxyl groups is 3. The summed E-state index contributed by atoms with van der Waals surface area (Å²) >= 11 is 12.7. The minimum atomic E-state index is -0.546. The van der Waals surface area contributed by atoms with E-state index in [1.807, 2.05) is 132 Å². The molecule has 3 aromatic heterocycles. The zero-order valence-electron chi connectivity index (χ0n) is 53.7. The Bertz CT molecular complexity index is 4260. The maximum atomic E-state index is 11.1. The second-order valence-electron chi connectivity index (χ2n) is 21.8. The first-order chi connectivity index (χ1) is 46.7. The summed E-state index contributed by atoms with van der Waals surface area (Å²) in [6.45, 7) is 13.0. The van der Waals surface area contributed by atoms with Gasteiger partial charge in [-0.2, -0.15) is 0 Å². The van der Waals surface area contributed by atoms with Crippen molar-refractivity contribution in [2.24, 2.45) is 20.7 Å². The van der Waals surface area contributed by atoms with Gasteiger partial charge in [0.1, 0.15) is 70.3 Å². The van der Waals surface area contributed by atoms with Gasteiger partial charge in [-0.3, -0.25) is 19.8 Å². The zero-order chi connectivity index (χ0) is 69.7. The van der Waals surface area contributed by atoms with E-state index in [0.717, 1.165) is 78.6 Å². The van der Waals surface area contributed by atoms with E-state index in [0.29, 0.717) is 40.8 Å². The fraction of sp³-hybridized carbons (Fsp3) is 0.267. The Morgan fingerprint density at radius 2 is 0.860 bits per heavy atom. The van der Waals surface area contributed by atoms with Gasteiger partial charge in [0.05, 0.1) is 79.2 Å². The van der Waals surface area contributed by atoms with Crippen molar-refractivity contribution in [3.05, 3.63) is 228 Å². The van der Waals surface area contributed by atoms with Gasteiger partial charge < -0.3 is 56.4 Å². The Kier molecular flexibility index (Phi) is 33.5. The van der Waals surface area contributed by atoms with Gasteiger partial charge in [0.2, 0.25) is 0 Å². The fourth-order valence-corrected chi connectivity index (χ4v) is 15.7. The minimum absolute atomic E-state index is 0. The SMILES string of the molecule is C.C.C.C[C@@H]1SC(c2ccccc2O)=N[C@@H]1CO.C[C@@H]1SC(c2ccccc2O)=N[C@H]1CO.Cc1nc(-c2ccccc2O)sc1C.Cc1sc(-c2ccccc2O)nc1C(N)=O.Cc1sc(-c2ccccc2O)nc1CO.Oc1ccccc1C1=N[C@H](COCc2ccc(Br)cc2)CS1. The van der Waals surface area contributed by atoms with Crippen molar-refractivity contribution < 1.29 is 55.5 Å². The van der Waals surface area contributed by atoms with Crippen LogP contribution in [0.2, 0.25) is 0 Å². The molecule has 0 spiro atoms. The van der Waals surface area contributed by atoms with Crippen molar-refractivity contribution in [3.63, 3.8) is 0 Å². The third-order valence-corrected chi connectivity index (χ3v) is 22.0. The fourth-order valence-electron chi connectivity index (χ4n) is 9.21. The molecule has 11 N–H and O–H groups in total. The summed E-state index contributed by atoms with van der Waals surface area (Å²) in [6.07, 6.45) is 0. The third-order valence-electron chi connectivity index (χ3n) is 14.7. The summed E-state index contributed by atoms with van der Waals surface area (Å²) in [6, 6.07) is 51.0. The number of hydrogen-bond acceptors (Lipinski definition) is 23. The van der Waals surface area contributed by atoms with Crippen LogP contribution in [0.15, 0.2) is 189 Å². The molecule has 10 aromatic rings. The lowest BCUT2D eigenvalue weighted by molar-refractivity contribution is 0.0995. The number of primary amides is 1. The molecule has 7 aromatic carbocycles. The molecular weight excluding hydrogens is 1450 g/mol. The van der Waals surface area contributed by atoms with Crippen LogP contribution in [0, 0.1) is 27.7 Å². The van der Waals surface area contributed by atoms with Crippen LogP contribution in [0.4, 0.5) is 0 Å². The normalized spacial score (nSPS) is 16.1. The van der Waals surface area contributed by atoms with E-state index in [1.54, 1.807) is 126 Å². The number of aryl methyl sites for hydroxylation is 4. The van der Waals surface area contributed by atoms with Crippen molar-refractivity contribution in [1.29, 1.82) is 0 Å². The van der Waals surface area contributed by atoms with Crippen molar-refractivity contribution in [3.8, 4) is 66.2 Å². The highest BCUT2D eigenvalue weighted by Gasteiger charge is 2.29. The number of thioether (sulfide) groups is 3. The zero-order valence-corrected chi connectivity index (χ0v) is 60.2. The standard InChI is InChI=1S/C17H16BrNO2S.C11H10N2O2S.2C11H13NO2S.C11H11NO2S.C11H11NOS.3CH4/c18-13-7-5-12(6-8-13)9-21-10-14-11-22-17(19-14)15-3-1-2-4-16(15)20;1-6-9(10(12)15)13-11(16-6)7-4-2-3-5-8(7)14;3*1-7-9(6-13)12-11(15-7)8-4-2-3-5-10(8)14;1-7-8(2)14-11(12-7)9-5-3-4-6-10(9)13;;;/h1-8,14,20H,9-11H2;2-5,14H,1H3,(H2,12,15);2*2-5,7,9,13-14H,6H2,1H3;2-5,13-14H,6H2,1H3;3-6,13H,1-2H3;3*1H4/t14-;;7-,9+;7-,9-;;;;;/m1.00...../s1. The minimum Gasteiger partial charge on any atom is -0.507 e. The number of rotatable bonds is 14. The second-order valence-corrected chi connectivity index (χ2v) is 30.1. The van der Waals surface area contributed by atoms with Gasteiger partial charge in [-0.15, -0.1) is 69.3 Å². The maximum Gasteiger partial charge on any atom is 0.268 e. The topological polar surface area (TPSA) is 310 Å². The highest BCUT2D eigenvalue weighted by atomic mass is 79.9. The van der Waals surface area contributed by atoms with Gasteiger partial charge in [-0.1, -0.05) is 137 Å². The molecular formula is C75H86BrN7O11S6. The van der Waals surface area contributed by atoms with Crippen LogP contribution in [0.1, 0.15) is 94.9 Å². The average molecular weight is 1530 g/mol. The molecule has 0 unspecified atom stereocenters.